The van der Waals surface area contributed by atoms with Gasteiger partial charge in [0.15, 0.2) is 0 Å². The lowest BCUT2D eigenvalue weighted by Gasteiger charge is -2.13. The third-order valence-corrected chi connectivity index (χ3v) is 3.78. The van der Waals surface area contributed by atoms with Gasteiger partial charge in [0, 0.05) is 36.3 Å². The first-order chi connectivity index (χ1) is 7.88. The topological polar surface area (TPSA) is 37.0 Å². The number of rotatable bonds is 5. The van der Waals surface area contributed by atoms with Crippen molar-refractivity contribution in [2.75, 3.05) is 28.7 Å². The number of hydrogen-bond donors (Lipinski definition) is 2. The molecule has 0 bridgehead atoms. The summed E-state index contributed by atoms with van der Waals surface area (Å²) < 4.78 is 0. The minimum Gasteiger partial charge on any atom is -0.381 e. The van der Waals surface area contributed by atoms with Crippen LogP contribution in [0.1, 0.15) is 19.8 Å². The molecule has 1 aliphatic rings. The molecule has 2 rings (SSSR count). The summed E-state index contributed by atoms with van der Waals surface area (Å²) in [4.78, 5) is 4.30. The van der Waals surface area contributed by atoms with E-state index in [2.05, 4.69) is 28.6 Å². The van der Waals surface area contributed by atoms with E-state index >= 15 is 0 Å². The van der Waals surface area contributed by atoms with E-state index in [4.69, 9.17) is 0 Å². The molecule has 0 amide bonds. The number of nitrogens with zero attached hydrogens (tertiary/aromatic N) is 1. The number of nitrogens with one attached hydrogen (secondary N) is 2. The summed E-state index contributed by atoms with van der Waals surface area (Å²) in [6, 6.07) is 4.77. The maximum atomic E-state index is 4.30. The first-order valence-electron chi connectivity index (χ1n) is 5.92. The van der Waals surface area contributed by atoms with Crippen molar-refractivity contribution < 1.29 is 0 Å². The average molecular weight is 237 g/mol. The molecule has 1 aromatic rings. The van der Waals surface area contributed by atoms with Gasteiger partial charge in [0.05, 0.1) is 0 Å². The van der Waals surface area contributed by atoms with E-state index < -0.39 is 0 Å². The zero-order valence-corrected chi connectivity index (χ0v) is 10.5. The highest BCUT2D eigenvalue weighted by Gasteiger charge is 2.14. The normalized spacial score (nSPS) is 19.7. The van der Waals surface area contributed by atoms with Crippen LogP contribution in [0.4, 0.5) is 11.5 Å². The molecule has 0 radical (unpaired) electrons. The van der Waals surface area contributed by atoms with Gasteiger partial charge in [-0.05, 0) is 24.7 Å². The van der Waals surface area contributed by atoms with Crippen molar-refractivity contribution in [3.63, 3.8) is 0 Å². The quantitative estimate of drug-likeness (QED) is 0.825. The Labute approximate surface area is 101 Å². The van der Waals surface area contributed by atoms with E-state index in [1.54, 1.807) is 0 Å². The summed E-state index contributed by atoms with van der Waals surface area (Å²) in [6.07, 6.45) is 4.26. The Morgan fingerprint density at radius 2 is 2.50 bits per heavy atom. The second-order valence-electron chi connectivity index (χ2n) is 4.06. The minimum atomic E-state index is 0.631. The molecule has 88 valence electrons. The van der Waals surface area contributed by atoms with Crippen molar-refractivity contribution in [2.45, 2.75) is 25.8 Å². The van der Waals surface area contributed by atoms with Gasteiger partial charge in [-0.2, -0.15) is 11.8 Å². The van der Waals surface area contributed by atoms with Crippen molar-refractivity contribution in [1.29, 1.82) is 0 Å². The van der Waals surface area contributed by atoms with Gasteiger partial charge in [-0.25, -0.2) is 4.98 Å². The van der Waals surface area contributed by atoms with Gasteiger partial charge in [-0.3, -0.25) is 0 Å². The molecule has 0 aromatic carbocycles. The van der Waals surface area contributed by atoms with Crippen molar-refractivity contribution in [3.8, 4) is 0 Å². The first-order valence-corrected chi connectivity index (χ1v) is 7.08. The standard InChI is InChI=1S/C12H19N3S/c1-2-5-13-12-8-10(3-6-14-12)15-11-4-7-16-9-11/h3,6,8,11H,2,4-5,7,9H2,1H3,(H2,13,14,15). The van der Waals surface area contributed by atoms with E-state index in [0.29, 0.717) is 6.04 Å². The van der Waals surface area contributed by atoms with Gasteiger partial charge in [0.25, 0.3) is 0 Å². The highest BCUT2D eigenvalue weighted by molar-refractivity contribution is 7.99. The summed E-state index contributed by atoms with van der Waals surface area (Å²) in [5.41, 5.74) is 1.18. The molecular formula is C12H19N3S. The van der Waals surface area contributed by atoms with E-state index in [9.17, 15) is 0 Å². The predicted octanol–water partition coefficient (Wildman–Crippen LogP) is 2.82. The fourth-order valence-electron chi connectivity index (χ4n) is 1.75. The SMILES string of the molecule is CCCNc1cc(NC2CCSC2)ccn1. The molecule has 1 saturated heterocycles. The van der Waals surface area contributed by atoms with Gasteiger partial charge in [0.1, 0.15) is 5.82 Å². The molecule has 1 unspecified atom stereocenters. The molecule has 4 heteroatoms. The molecule has 1 fully saturated rings. The molecular weight excluding hydrogens is 218 g/mol. The van der Waals surface area contributed by atoms with Crippen LogP contribution in [0.5, 0.6) is 0 Å². The molecule has 0 aliphatic carbocycles. The highest BCUT2D eigenvalue weighted by Crippen LogP contribution is 2.22. The molecule has 0 saturated carbocycles. The van der Waals surface area contributed by atoms with Gasteiger partial charge >= 0.3 is 0 Å². The number of aromatic nitrogens is 1. The molecule has 16 heavy (non-hydrogen) atoms. The van der Waals surface area contributed by atoms with E-state index in [0.717, 1.165) is 18.8 Å². The van der Waals surface area contributed by atoms with Gasteiger partial charge in [-0.15, -0.1) is 0 Å². The van der Waals surface area contributed by atoms with Crippen LogP contribution in [0, 0.1) is 0 Å². The van der Waals surface area contributed by atoms with Crippen LogP contribution < -0.4 is 10.6 Å². The predicted molar refractivity (Wildman–Crippen MR) is 72.4 cm³/mol. The summed E-state index contributed by atoms with van der Waals surface area (Å²) in [7, 11) is 0. The number of pyridine rings is 1. The van der Waals surface area contributed by atoms with Crippen LogP contribution in [0.2, 0.25) is 0 Å². The Balaban J connectivity index is 1.92. The molecule has 2 N–H and O–H groups in total. The Morgan fingerprint density at radius 1 is 1.56 bits per heavy atom. The monoisotopic (exact) mass is 237 g/mol. The molecule has 0 spiro atoms. The van der Waals surface area contributed by atoms with Crippen molar-refractivity contribution >= 4 is 23.3 Å². The first kappa shape index (κ1) is 11.6. The molecule has 1 atom stereocenters. The fourth-order valence-corrected chi connectivity index (χ4v) is 2.91. The molecule has 1 aliphatic heterocycles. The second kappa shape index (κ2) is 5.99. The minimum absolute atomic E-state index is 0.631. The maximum absolute atomic E-state index is 4.30. The third kappa shape index (κ3) is 3.30. The van der Waals surface area contributed by atoms with Crippen LogP contribution in [0.3, 0.4) is 0 Å². The number of anilines is 2. The lowest BCUT2D eigenvalue weighted by atomic mass is 10.2. The Bertz CT molecular complexity index is 324. The maximum Gasteiger partial charge on any atom is 0.127 e. The van der Waals surface area contributed by atoms with Crippen molar-refractivity contribution in [2.24, 2.45) is 0 Å². The Hall–Kier alpha value is -0.900. The van der Waals surface area contributed by atoms with Crippen LogP contribution in [-0.2, 0) is 0 Å². The van der Waals surface area contributed by atoms with Crippen molar-refractivity contribution in [1.82, 2.24) is 4.98 Å². The summed E-state index contributed by atoms with van der Waals surface area (Å²) in [5, 5.41) is 6.86. The zero-order valence-electron chi connectivity index (χ0n) is 9.70. The van der Waals surface area contributed by atoms with Gasteiger partial charge in [-0.1, -0.05) is 6.92 Å². The van der Waals surface area contributed by atoms with Crippen LogP contribution in [0.15, 0.2) is 18.3 Å². The van der Waals surface area contributed by atoms with Crippen LogP contribution >= 0.6 is 11.8 Å². The summed E-state index contributed by atoms with van der Waals surface area (Å²) >= 11 is 2.03. The lowest BCUT2D eigenvalue weighted by Crippen LogP contribution is -2.18. The highest BCUT2D eigenvalue weighted by atomic mass is 32.2. The fraction of sp³-hybridized carbons (Fsp3) is 0.583. The Kier molecular flexibility index (Phi) is 4.34. The second-order valence-corrected chi connectivity index (χ2v) is 5.21. The number of thioether (sulfide) groups is 1. The number of hydrogen-bond acceptors (Lipinski definition) is 4. The van der Waals surface area contributed by atoms with E-state index in [1.165, 1.54) is 23.6 Å². The average Bonchev–Trinajstić information content (AvgIpc) is 2.80. The van der Waals surface area contributed by atoms with E-state index in [-0.39, 0.29) is 0 Å². The summed E-state index contributed by atoms with van der Waals surface area (Å²) in [5.74, 6) is 3.47. The smallest absolute Gasteiger partial charge is 0.127 e. The molecule has 2 heterocycles. The molecule has 3 nitrogen and oxygen atoms in total. The van der Waals surface area contributed by atoms with E-state index in [1.807, 2.05) is 24.0 Å². The largest absolute Gasteiger partial charge is 0.381 e. The summed E-state index contributed by atoms with van der Waals surface area (Å²) in [6.45, 7) is 3.14. The Morgan fingerprint density at radius 3 is 3.25 bits per heavy atom. The van der Waals surface area contributed by atoms with Crippen molar-refractivity contribution in [3.05, 3.63) is 18.3 Å². The van der Waals surface area contributed by atoms with Crippen LogP contribution in [-0.4, -0.2) is 29.1 Å². The van der Waals surface area contributed by atoms with Gasteiger partial charge < -0.3 is 10.6 Å². The zero-order chi connectivity index (χ0) is 11.2. The van der Waals surface area contributed by atoms with Crippen LogP contribution in [0.25, 0.3) is 0 Å². The molecule has 1 aromatic heterocycles. The third-order valence-electron chi connectivity index (χ3n) is 2.62. The van der Waals surface area contributed by atoms with Gasteiger partial charge in [0.2, 0.25) is 0 Å². The lowest BCUT2D eigenvalue weighted by molar-refractivity contribution is 0.812.